The Hall–Kier alpha value is -4.97. The summed E-state index contributed by atoms with van der Waals surface area (Å²) in [6.07, 6.45) is 83.7. The Bertz CT molecular complexity index is 1640. The van der Waals surface area contributed by atoms with Gasteiger partial charge in [0.1, 0.15) is 13.2 Å². The van der Waals surface area contributed by atoms with Crippen molar-refractivity contribution in [2.24, 2.45) is 0 Å². The molecule has 0 aromatic carbocycles. The molecule has 0 aliphatic carbocycles. The topological polar surface area (TPSA) is 78.9 Å². The average Bonchev–Trinajstić information content (AvgIpc) is 3.37. The number of rotatable bonds is 48. The van der Waals surface area contributed by atoms with E-state index in [9.17, 15) is 14.4 Å². The number of allylic oxidation sites excluding steroid dienone is 26. The number of hydrogen-bond donors (Lipinski definition) is 0. The van der Waals surface area contributed by atoms with Crippen LogP contribution in [0.15, 0.2) is 158 Å². The lowest BCUT2D eigenvalue weighted by atomic mass is 10.1. The molecule has 0 aliphatic rings. The van der Waals surface area contributed by atoms with E-state index in [0.29, 0.717) is 19.3 Å². The quantitative estimate of drug-likeness (QED) is 0.0262. The molecule has 0 aromatic heterocycles. The van der Waals surface area contributed by atoms with Gasteiger partial charge in [-0.3, -0.25) is 14.4 Å². The average molecular weight is 978 g/mol. The fourth-order valence-corrected chi connectivity index (χ4v) is 6.86. The monoisotopic (exact) mass is 977 g/mol. The Kier molecular flexibility index (Phi) is 53.6. The maximum absolute atomic E-state index is 12.9. The molecular formula is C65H100O6. The number of ether oxygens (including phenoxy) is 3. The van der Waals surface area contributed by atoms with Crippen LogP contribution in [0.25, 0.3) is 0 Å². The molecule has 0 aliphatic heterocycles. The van der Waals surface area contributed by atoms with Crippen LogP contribution in [0.2, 0.25) is 0 Å². The zero-order chi connectivity index (χ0) is 51.4. The third-order valence-electron chi connectivity index (χ3n) is 11.0. The van der Waals surface area contributed by atoms with Gasteiger partial charge in [0, 0.05) is 19.3 Å². The summed E-state index contributed by atoms with van der Waals surface area (Å²) in [4.78, 5) is 38.1. The Balaban J connectivity index is 4.62. The summed E-state index contributed by atoms with van der Waals surface area (Å²) in [5, 5.41) is 0. The van der Waals surface area contributed by atoms with Crippen LogP contribution < -0.4 is 0 Å². The lowest BCUT2D eigenvalue weighted by Crippen LogP contribution is -2.30. The Labute approximate surface area is 435 Å². The van der Waals surface area contributed by atoms with Crippen LogP contribution in [0.5, 0.6) is 0 Å². The highest BCUT2D eigenvalue weighted by Gasteiger charge is 2.19. The molecule has 0 aromatic rings. The molecule has 0 heterocycles. The van der Waals surface area contributed by atoms with E-state index in [4.69, 9.17) is 14.2 Å². The maximum Gasteiger partial charge on any atom is 0.306 e. The van der Waals surface area contributed by atoms with Gasteiger partial charge in [-0.15, -0.1) is 0 Å². The van der Waals surface area contributed by atoms with E-state index in [2.05, 4.69) is 179 Å². The van der Waals surface area contributed by atoms with E-state index in [-0.39, 0.29) is 44.0 Å². The van der Waals surface area contributed by atoms with Gasteiger partial charge >= 0.3 is 17.9 Å². The van der Waals surface area contributed by atoms with Crippen molar-refractivity contribution in [2.75, 3.05) is 13.2 Å². The second-order valence-electron chi connectivity index (χ2n) is 17.7. The number of hydrogen-bond acceptors (Lipinski definition) is 6. The highest BCUT2D eigenvalue weighted by atomic mass is 16.6. The Morgan fingerprint density at radius 3 is 0.915 bits per heavy atom. The summed E-state index contributed by atoms with van der Waals surface area (Å²) in [7, 11) is 0. The molecule has 0 N–H and O–H groups in total. The second-order valence-corrected chi connectivity index (χ2v) is 17.7. The first kappa shape index (κ1) is 66.0. The Morgan fingerprint density at radius 1 is 0.296 bits per heavy atom. The van der Waals surface area contributed by atoms with Crippen LogP contribution in [0, 0.1) is 0 Å². The molecular weight excluding hydrogens is 877 g/mol. The first-order valence-corrected chi connectivity index (χ1v) is 28.0. The zero-order valence-electron chi connectivity index (χ0n) is 45.2. The van der Waals surface area contributed by atoms with Crippen molar-refractivity contribution < 1.29 is 28.6 Å². The molecule has 0 saturated carbocycles. The van der Waals surface area contributed by atoms with Gasteiger partial charge in [-0.1, -0.05) is 211 Å². The lowest BCUT2D eigenvalue weighted by molar-refractivity contribution is -0.167. The highest BCUT2D eigenvalue weighted by Crippen LogP contribution is 2.11. The molecule has 71 heavy (non-hydrogen) atoms. The number of unbranched alkanes of at least 4 members (excludes halogenated alkanes) is 11. The summed E-state index contributed by atoms with van der Waals surface area (Å²) >= 11 is 0. The van der Waals surface area contributed by atoms with Crippen molar-refractivity contribution in [3.63, 3.8) is 0 Å². The molecule has 1 atom stereocenters. The molecule has 6 nitrogen and oxygen atoms in total. The van der Waals surface area contributed by atoms with Gasteiger partial charge in [0.2, 0.25) is 0 Å². The largest absolute Gasteiger partial charge is 0.462 e. The van der Waals surface area contributed by atoms with E-state index in [1.54, 1.807) is 0 Å². The normalized spacial score (nSPS) is 13.3. The molecule has 0 unspecified atom stereocenters. The molecule has 0 fully saturated rings. The molecule has 6 heteroatoms. The molecule has 396 valence electrons. The third kappa shape index (κ3) is 55.8. The van der Waals surface area contributed by atoms with Gasteiger partial charge in [0.25, 0.3) is 0 Å². The van der Waals surface area contributed by atoms with E-state index in [1.165, 1.54) is 25.7 Å². The minimum Gasteiger partial charge on any atom is -0.462 e. The van der Waals surface area contributed by atoms with Crippen LogP contribution in [0.3, 0.4) is 0 Å². The lowest BCUT2D eigenvalue weighted by Gasteiger charge is -2.18. The summed E-state index contributed by atoms with van der Waals surface area (Å²) in [5.41, 5.74) is 0. The molecule has 0 rings (SSSR count). The van der Waals surface area contributed by atoms with Crippen molar-refractivity contribution >= 4 is 17.9 Å². The van der Waals surface area contributed by atoms with Crippen LogP contribution in [-0.4, -0.2) is 37.2 Å². The zero-order valence-corrected chi connectivity index (χ0v) is 45.2. The smallest absolute Gasteiger partial charge is 0.306 e. The maximum atomic E-state index is 12.9. The van der Waals surface area contributed by atoms with E-state index >= 15 is 0 Å². The summed E-state index contributed by atoms with van der Waals surface area (Å²) in [5.74, 6) is -1.05. The fourth-order valence-electron chi connectivity index (χ4n) is 6.86. The predicted octanol–water partition coefficient (Wildman–Crippen LogP) is 19.0. The highest BCUT2D eigenvalue weighted by molar-refractivity contribution is 5.71. The molecule has 0 radical (unpaired) electrons. The third-order valence-corrected chi connectivity index (χ3v) is 11.0. The van der Waals surface area contributed by atoms with Gasteiger partial charge in [-0.05, 0) is 141 Å². The van der Waals surface area contributed by atoms with Crippen LogP contribution in [0.4, 0.5) is 0 Å². The minimum absolute atomic E-state index is 0.129. The molecule has 0 saturated heterocycles. The van der Waals surface area contributed by atoms with Gasteiger partial charge in [0.05, 0.1) is 0 Å². The minimum atomic E-state index is -0.837. The van der Waals surface area contributed by atoms with Gasteiger partial charge in [-0.25, -0.2) is 0 Å². The second kappa shape index (κ2) is 57.6. The first-order valence-electron chi connectivity index (χ1n) is 28.0. The van der Waals surface area contributed by atoms with Crippen LogP contribution in [-0.2, 0) is 28.6 Å². The fraction of sp³-hybridized carbons (Fsp3) is 0.554. The van der Waals surface area contributed by atoms with Crippen LogP contribution >= 0.6 is 0 Å². The van der Waals surface area contributed by atoms with Gasteiger partial charge < -0.3 is 14.2 Å². The van der Waals surface area contributed by atoms with Crippen LogP contribution in [0.1, 0.15) is 213 Å². The summed E-state index contributed by atoms with van der Waals surface area (Å²) in [6, 6.07) is 0. The standard InChI is InChI=1S/C65H100O6/c1-4-7-10-13-16-19-22-25-28-31-32-35-38-41-44-47-50-53-56-59-65(68)71-62(60-69-63(66)57-54-51-48-45-42-39-36-33-29-26-23-20-17-14-11-8-5-2)61-70-64(67)58-55-52-49-46-43-40-37-34-30-27-24-21-18-15-12-9-6-3/h7-8,10-11,16-21,25-30,32,35-37,39-41,44-45,48,62H,4-6,9,12-15,22-24,31,33-34,38,42-43,46-47,49-61H2,1-3H3/b10-7-,11-8-,19-16-,20-17-,21-18-,28-25-,29-26-,30-27-,35-32-,39-36-,40-37-,44-41-,48-45-/t62-/m1/s1. The van der Waals surface area contributed by atoms with Crippen molar-refractivity contribution in [2.45, 2.75) is 219 Å². The number of carbonyl (C=O) groups excluding carboxylic acids is 3. The molecule has 0 spiro atoms. The SMILES string of the molecule is CC/C=C\C/C=C\C/C=C\C/C=C\C/C=C\CCCCCC(=O)O[C@H](COC(=O)CCC/C=C\C/C=C\C/C=C\C/C=C\C/C=C\CC)COC(=O)CCCCCC/C=C\C/C=C\C/C=C\CCCCC. The molecule has 0 bridgehead atoms. The van der Waals surface area contributed by atoms with Gasteiger partial charge in [-0.2, -0.15) is 0 Å². The molecule has 0 amide bonds. The van der Waals surface area contributed by atoms with E-state index < -0.39 is 6.10 Å². The van der Waals surface area contributed by atoms with Crippen molar-refractivity contribution in [3.05, 3.63) is 158 Å². The van der Waals surface area contributed by atoms with Gasteiger partial charge in [0.15, 0.2) is 6.10 Å². The van der Waals surface area contributed by atoms with E-state index in [1.807, 2.05) is 0 Å². The number of carbonyl (C=O) groups is 3. The van der Waals surface area contributed by atoms with E-state index in [0.717, 1.165) is 135 Å². The van der Waals surface area contributed by atoms with Crippen molar-refractivity contribution in [1.29, 1.82) is 0 Å². The predicted molar refractivity (Wildman–Crippen MR) is 306 cm³/mol. The number of esters is 3. The Morgan fingerprint density at radius 2 is 0.563 bits per heavy atom. The van der Waals surface area contributed by atoms with Crippen molar-refractivity contribution in [3.8, 4) is 0 Å². The van der Waals surface area contributed by atoms with Crippen molar-refractivity contribution in [1.82, 2.24) is 0 Å². The summed E-state index contributed by atoms with van der Waals surface area (Å²) in [6.45, 7) is 6.27. The first-order chi connectivity index (χ1) is 35.0. The summed E-state index contributed by atoms with van der Waals surface area (Å²) < 4.78 is 16.8.